The minimum absolute atomic E-state index is 0.0811. The quantitative estimate of drug-likeness (QED) is 0.232. The van der Waals surface area contributed by atoms with E-state index >= 15 is 0 Å². The molecule has 0 aliphatic heterocycles. The molecule has 0 aromatic heterocycles. The van der Waals surface area contributed by atoms with Crippen LogP contribution in [0, 0.1) is 0 Å². The summed E-state index contributed by atoms with van der Waals surface area (Å²) in [6.07, 6.45) is 8.10. The second-order valence-corrected chi connectivity index (χ2v) is 7.81. The number of aryl methyl sites for hydroxylation is 1. The Balaban J connectivity index is 2.13. The van der Waals surface area contributed by atoms with Gasteiger partial charge in [0.25, 0.3) is 5.91 Å². The smallest absolute Gasteiger partial charge is 0.303 e. The highest BCUT2D eigenvalue weighted by Gasteiger charge is 2.11. The molecule has 0 aliphatic carbocycles. The first-order valence-electron chi connectivity index (χ1n) is 11.5. The van der Waals surface area contributed by atoms with Crippen molar-refractivity contribution in [1.29, 1.82) is 0 Å². The largest absolute Gasteiger partial charge is 0.497 e. The van der Waals surface area contributed by atoms with Crippen molar-refractivity contribution in [2.24, 2.45) is 0 Å². The number of aliphatic carboxylic acids is 1. The number of rotatable bonds is 13. The first kappa shape index (κ1) is 28.0. The predicted molar refractivity (Wildman–Crippen MR) is 140 cm³/mol. The number of carboxylic acid groups (broad SMARTS) is 1. The number of hydrogen-bond donors (Lipinski definition) is 2. The maximum atomic E-state index is 12.5. The van der Waals surface area contributed by atoms with E-state index in [1.807, 2.05) is 37.3 Å². The van der Waals surface area contributed by atoms with Gasteiger partial charge in [-0.3, -0.25) is 9.59 Å². The normalized spacial score (nSPS) is 11.8. The van der Waals surface area contributed by atoms with Gasteiger partial charge in [-0.25, -0.2) is 0 Å². The fourth-order valence-corrected chi connectivity index (χ4v) is 3.28. The van der Waals surface area contributed by atoms with Crippen molar-refractivity contribution in [2.75, 3.05) is 21.3 Å². The molecule has 0 saturated heterocycles. The van der Waals surface area contributed by atoms with Crippen molar-refractivity contribution < 1.29 is 28.9 Å². The van der Waals surface area contributed by atoms with Gasteiger partial charge in [0.15, 0.2) is 0 Å². The molecule has 7 nitrogen and oxygen atoms in total. The van der Waals surface area contributed by atoms with Crippen LogP contribution < -0.4 is 19.5 Å². The van der Waals surface area contributed by atoms with Crippen LogP contribution in [-0.2, 0) is 22.4 Å². The zero-order valence-electron chi connectivity index (χ0n) is 21.2. The lowest BCUT2D eigenvalue weighted by Crippen LogP contribution is -2.21. The third-order valence-electron chi connectivity index (χ3n) is 5.29. The van der Waals surface area contributed by atoms with Crippen molar-refractivity contribution in [1.82, 2.24) is 5.32 Å². The highest BCUT2D eigenvalue weighted by atomic mass is 16.5. The van der Waals surface area contributed by atoms with Crippen LogP contribution in [0.4, 0.5) is 0 Å². The summed E-state index contributed by atoms with van der Waals surface area (Å²) in [5.74, 6) is 1.45. The van der Waals surface area contributed by atoms with Crippen molar-refractivity contribution >= 4 is 11.9 Å². The molecule has 1 amide bonds. The second kappa shape index (κ2) is 14.2. The van der Waals surface area contributed by atoms with Crippen LogP contribution in [0.1, 0.15) is 24.5 Å². The van der Waals surface area contributed by atoms with Crippen molar-refractivity contribution in [3.63, 3.8) is 0 Å². The Morgan fingerprint density at radius 2 is 1.61 bits per heavy atom. The molecule has 2 N–H and O–H groups in total. The molecular formula is C29H33NO6. The fraction of sp³-hybridized carbons (Fsp3) is 0.241. The Hall–Kier alpha value is -4.26. The third-order valence-corrected chi connectivity index (χ3v) is 5.29. The molecule has 0 aliphatic rings. The molecule has 0 bridgehead atoms. The van der Waals surface area contributed by atoms with E-state index in [0.717, 1.165) is 11.1 Å². The van der Waals surface area contributed by atoms with Gasteiger partial charge in [0.2, 0.25) is 0 Å². The van der Waals surface area contributed by atoms with Gasteiger partial charge in [-0.05, 0) is 72.9 Å². The number of carbonyl (C=O) groups excluding carboxylic acids is 1. The molecule has 7 heteroatoms. The molecule has 0 atom stereocenters. The van der Waals surface area contributed by atoms with Gasteiger partial charge in [0.1, 0.15) is 23.0 Å². The van der Waals surface area contributed by atoms with Gasteiger partial charge in [-0.1, -0.05) is 30.9 Å². The zero-order valence-corrected chi connectivity index (χ0v) is 21.2. The minimum atomic E-state index is -0.828. The van der Waals surface area contributed by atoms with E-state index in [9.17, 15) is 9.59 Å². The Kier molecular flexibility index (Phi) is 11.0. The Labute approximate surface area is 212 Å². The van der Waals surface area contributed by atoms with E-state index in [-0.39, 0.29) is 12.3 Å². The molecule has 0 spiro atoms. The summed E-state index contributed by atoms with van der Waals surface area (Å²) in [6.45, 7) is 5.91. The molecule has 2 aromatic rings. The lowest BCUT2D eigenvalue weighted by molar-refractivity contribution is -0.137. The number of amides is 1. The second-order valence-electron chi connectivity index (χ2n) is 7.81. The summed E-state index contributed by atoms with van der Waals surface area (Å²) in [4.78, 5) is 23.3. The minimum Gasteiger partial charge on any atom is -0.497 e. The van der Waals surface area contributed by atoms with Crippen LogP contribution in [0.25, 0.3) is 0 Å². The molecule has 190 valence electrons. The Morgan fingerprint density at radius 1 is 0.972 bits per heavy atom. The molecule has 0 saturated carbocycles. The monoisotopic (exact) mass is 491 g/mol. The number of hydrogen-bond acceptors (Lipinski definition) is 5. The van der Waals surface area contributed by atoms with Gasteiger partial charge in [0.05, 0.1) is 14.2 Å². The number of ether oxygens (including phenoxy) is 3. The van der Waals surface area contributed by atoms with E-state index in [1.54, 1.807) is 57.7 Å². The summed E-state index contributed by atoms with van der Waals surface area (Å²) in [5.41, 5.74) is 2.81. The summed E-state index contributed by atoms with van der Waals surface area (Å²) < 4.78 is 16.6. The SMILES string of the molecule is C=C(/C=C\C(=C/C)Oc1ccc(CCC(=O)O)cc1)/C(=C\Cc1cc(OC)cc(OC)c1)C(=O)NC. The van der Waals surface area contributed by atoms with Crippen LogP contribution in [0.3, 0.4) is 0 Å². The number of benzene rings is 2. The van der Waals surface area contributed by atoms with Gasteiger partial charge < -0.3 is 24.6 Å². The molecule has 0 radical (unpaired) electrons. The lowest BCUT2D eigenvalue weighted by atomic mass is 10.0. The average molecular weight is 492 g/mol. The fourth-order valence-electron chi connectivity index (χ4n) is 3.28. The first-order chi connectivity index (χ1) is 17.3. The Bertz CT molecular complexity index is 1140. The van der Waals surface area contributed by atoms with E-state index in [0.29, 0.717) is 47.0 Å². The van der Waals surface area contributed by atoms with E-state index < -0.39 is 5.97 Å². The number of allylic oxidation sites excluding steroid dienone is 4. The molecule has 2 aromatic carbocycles. The van der Waals surface area contributed by atoms with Crippen LogP contribution in [-0.4, -0.2) is 38.3 Å². The summed E-state index contributed by atoms with van der Waals surface area (Å²) >= 11 is 0. The highest BCUT2D eigenvalue weighted by molar-refractivity contribution is 5.98. The molecule has 0 unspecified atom stereocenters. The number of carboxylic acids is 1. The molecule has 0 heterocycles. The van der Waals surface area contributed by atoms with Crippen molar-refractivity contribution in [3.05, 3.63) is 101 Å². The van der Waals surface area contributed by atoms with Crippen molar-refractivity contribution in [3.8, 4) is 17.2 Å². The number of methoxy groups -OCH3 is 2. The summed E-state index contributed by atoms with van der Waals surface area (Å²) in [5, 5.41) is 11.5. The lowest BCUT2D eigenvalue weighted by Gasteiger charge is -2.10. The van der Waals surface area contributed by atoms with E-state index in [1.165, 1.54) is 0 Å². The van der Waals surface area contributed by atoms with Crippen LogP contribution in [0.2, 0.25) is 0 Å². The van der Waals surface area contributed by atoms with E-state index in [2.05, 4.69) is 11.9 Å². The highest BCUT2D eigenvalue weighted by Crippen LogP contribution is 2.24. The first-order valence-corrected chi connectivity index (χ1v) is 11.5. The standard InChI is InChI=1S/C29H33NO6/c1-6-23(36-24-13-8-21(9-14-24)11-16-28(31)32)12-7-20(2)27(29(33)30-3)15-10-22-17-25(34-4)19-26(18-22)35-5/h6-9,12-15,17-19H,2,10-11,16H2,1,3-5H3,(H,30,33)(H,31,32)/b12-7-,23-6+,27-15+. The molecule has 36 heavy (non-hydrogen) atoms. The molecule has 0 fully saturated rings. The van der Waals surface area contributed by atoms with E-state index in [4.69, 9.17) is 19.3 Å². The maximum absolute atomic E-state index is 12.5. The zero-order chi connectivity index (χ0) is 26.5. The Morgan fingerprint density at radius 3 is 2.14 bits per heavy atom. The van der Waals surface area contributed by atoms with Gasteiger partial charge in [-0.15, -0.1) is 0 Å². The van der Waals surface area contributed by atoms with Crippen molar-refractivity contribution in [2.45, 2.75) is 26.2 Å². The maximum Gasteiger partial charge on any atom is 0.303 e. The summed E-state index contributed by atoms with van der Waals surface area (Å²) in [7, 11) is 4.75. The predicted octanol–water partition coefficient (Wildman–Crippen LogP) is 5.03. The number of likely N-dealkylation sites (N-methyl/N-ethyl adjacent to an activating group) is 1. The molecular weight excluding hydrogens is 458 g/mol. The van der Waals surface area contributed by atoms with Crippen LogP contribution >= 0.6 is 0 Å². The topological polar surface area (TPSA) is 94.1 Å². The van der Waals surface area contributed by atoms with Gasteiger partial charge in [-0.2, -0.15) is 0 Å². The molecule has 2 rings (SSSR count). The van der Waals surface area contributed by atoms with Gasteiger partial charge >= 0.3 is 5.97 Å². The number of nitrogens with one attached hydrogen (secondary N) is 1. The average Bonchev–Trinajstić information content (AvgIpc) is 2.89. The third kappa shape index (κ3) is 8.83. The van der Waals surface area contributed by atoms with Crippen LogP contribution in [0.15, 0.2) is 90.3 Å². The van der Waals surface area contributed by atoms with Crippen LogP contribution in [0.5, 0.6) is 17.2 Å². The van der Waals surface area contributed by atoms with Gasteiger partial charge in [0, 0.05) is 25.1 Å². The summed E-state index contributed by atoms with van der Waals surface area (Å²) in [6, 6.07) is 12.8. The number of carbonyl (C=O) groups is 2.